The molecule has 5 heteroatoms. The first kappa shape index (κ1) is 9.98. The zero-order chi connectivity index (χ0) is 10.8. The number of aromatic nitrogens is 2. The summed E-state index contributed by atoms with van der Waals surface area (Å²) in [6.07, 6.45) is 0. The molecule has 0 radical (unpaired) electrons. The van der Waals surface area contributed by atoms with Crippen molar-refractivity contribution in [3.8, 4) is 17.3 Å². The maximum atomic E-state index is 8.93. The van der Waals surface area contributed by atoms with Crippen LogP contribution in [0.3, 0.4) is 0 Å². The lowest BCUT2D eigenvalue weighted by Gasteiger charge is -1.98. The van der Waals surface area contributed by atoms with E-state index in [4.69, 9.17) is 11.0 Å². The van der Waals surface area contributed by atoms with Gasteiger partial charge in [0.2, 0.25) is 0 Å². The number of nitrogens with zero attached hydrogens (tertiary/aromatic N) is 2. The molecule has 0 amide bonds. The van der Waals surface area contributed by atoms with E-state index in [9.17, 15) is 0 Å². The third-order valence-corrected chi connectivity index (χ3v) is 2.69. The molecule has 0 bridgehead atoms. The quantitative estimate of drug-likeness (QED) is 0.792. The minimum atomic E-state index is 0.242. The van der Waals surface area contributed by atoms with Crippen LogP contribution >= 0.6 is 22.6 Å². The van der Waals surface area contributed by atoms with Gasteiger partial charge in [-0.25, -0.2) is 0 Å². The third kappa shape index (κ3) is 1.80. The highest BCUT2D eigenvalue weighted by molar-refractivity contribution is 14.1. The third-order valence-electron chi connectivity index (χ3n) is 2.02. The molecule has 74 valence electrons. The van der Waals surface area contributed by atoms with Crippen LogP contribution < -0.4 is 5.73 Å². The zero-order valence-corrected chi connectivity index (χ0v) is 9.82. The van der Waals surface area contributed by atoms with Crippen LogP contribution in [0.4, 0.5) is 5.82 Å². The van der Waals surface area contributed by atoms with Crippen molar-refractivity contribution in [3.63, 3.8) is 0 Å². The fourth-order valence-corrected chi connectivity index (χ4v) is 1.87. The van der Waals surface area contributed by atoms with Gasteiger partial charge < -0.3 is 5.73 Å². The number of benzene rings is 1. The second kappa shape index (κ2) is 3.90. The van der Waals surface area contributed by atoms with Gasteiger partial charge in [0.25, 0.3) is 0 Å². The lowest BCUT2D eigenvalue weighted by molar-refractivity contribution is 1.10. The van der Waals surface area contributed by atoms with E-state index in [1.54, 1.807) is 0 Å². The van der Waals surface area contributed by atoms with Crippen molar-refractivity contribution in [2.45, 2.75) is 0 Å². The Morgan fingerprint density at radius 3 is 2.93 bits per heavy atom. The van der Waals surface area contributed by atoms with Crippen LogP contribution in [0, 0.1) is 14.9 Å². The lowest BCUT2D eigenvalue weighted by Crippen LogP contribution is -1.87. The highest BCUT2D eigenvalue weighted by atomic mass is 127. The molecule has 0 aliphatic heterocycles. The van der Waals surface area contributed by atoms with Gasteiger partial charge in [0.1, 0.15) is 11.6 Å². The number of hydrogen-bond donors (Lipinski definition) is 2. The average Bonchev–Trinajstić information content (AvgIpc) is 2.59. The number of hydrogen-bond acceptors (Lipinski definition) is 3. The Labute approximate surface area is 100 Å². The van der Waals surface area contributed by atoms with Crippen molar-refractivity contribution in [2.24, 2.45) is 0 Å². The number of nitrogens with two attached hydrogens (primary N) is 1. The molecule has 0 atom stereocenters. The Hall–Kier alpha value is -1.55. The highest BCUT2D eigenvalue weighted by Gasteiger charge is 2.11. The predicted molar refractivity (Wildman–Crippen MR) is 65.9 cm³/mol. The zero-order valence-electron chi connectivity index (χ0n) is 7.66. The Morgan fingerprint density at radius 1 is 1.47 bits per heavy atom. The van der Waals surface area contributed by atoms with E-state index in [1.807, 2.05) is 30.3 Å². The first-order chi connectivity index (χ1) is 7.22. The predicted octanol–water partition coefficient (Wildman–Crippen LogP) is 2.14. The second-order valence-corrected chi connectivity index (χ2v) is 4.23. The van der Waals surface area contributed by atoms with Gasteiger partial charge in [-0.1, -0.05) is 12.1 Å². The molecule has 2 aromatic rings. The molecule has 0 saturated heterocycles. The van der Waals surface area contributed by atoms with Crippen LogP contribution in [-0.2, 0) is 0 Å². The molecule has 4 nitrogen and oxygen atoms in total. The Balaban J connectivity index is 2.60. The molecule has 0 saturated carbocycles. The van der Waals surface area contributed by atoms with E-state index in [-0.39, 0.29) is 5.82 Å². The van der Waals surface area contributed by atoms with Gasteiger partial charge in [-0.2, -0.15) is 10.4 Å². The SMILES string of the molecule is N#Cc1c(N)n[nH]c1-c1cccc(I)c1. The van der Waals surface area contributed by atoms with Gasteiger partial charge in [0.05, 0.1) is 5.69 Å². The molecule has 0 spiro atoms. The van der Waals surface area contributed by atoms with E-state index in [0.29, 0.717) is 11.3 Å². The first-order valence-corrected chi connectivity index (χ1v) is 5.30. The summed E-state index contributed by atoms with van der Waals surface area (Å²) >= 11 is 2.21. The number of rotatable bonds is 1. The molecular formula is C10H7IN4. The van der Waals surface area contributed by atoms with Crippen molar-refractivity contribution < 1.29 is 0 Å². The van der Waals surface area contributed by atoms with Crippen molar-refractivity contribution >= 4 is 28.4 Å². The number of halogens is 1. The van der Waals surface area contributed by atoms with Gasteiger partial charge in [-0.15, -0.1) is 0 Å². The van der Waals surface area contributed by atoms with Gasteiger partial charge in [-0.05, 0) is 34.7 Å². The van der Waals surface area contributed by atoms with Crippen LogP contribution in [0.15, 0.2) is 24.3 Å². The normalized spacial score (nSPS) is 9.87. The van der Waals surface area contributed by atoms with Crippen LogP contribution in [0.25, 0.3) is 11.3 Å². The number of nitrogen functional groups attached to an aromatic ring is 1. The summed E-state index contributed by atoms with van der Waals surface area (Å²) in [5, 5.41) is 15.5. The van der Waals surface area contributed by atoms with E-state index < -0.39 is 0 Å². The Kier molecular flexibility index (Phi) is 2.60. The van der Waals surface area contributed by atoms with Crippen LogP contribution in [0.2, 0.25) is 0 Å². The van der Waals surface area contributed by atoms with Crippen molar-refractivity contribution in [1.29, 1.82) is 5.26 Å². The summed E-state index contributed by atoms with van der Waals surface area (Å²) in [6.45, 7) is 0. The molecule has 15 heavy (non-hydrogen) atoms. The molecule has 0 aliphatic rings. The molecule has 0 unspecified atom stereocenters. The molecule has 1 heterocycles. The Morgan fingerprint density at radius 2 is 2.27 bits per heavy atom. The van der Waals surface area contributed by atoms with E-state index in [2.05, 4.69) is 32.8 Å². The van der Waals surface area contributed by atoms with Gasteiger partial charge in [0.15, 0.2) is 5.82 Å². The number of H-pyrrole nitrogens is 1. The number of anilines is 1. The largest absolute Gasteiger partial charge is 0.381 e. The van der Waals surface area contributed by atoms with Gasteiger partial charge in [-0.3, -0.25) is 5.10 Å². The van der Waals surface area contributed by atoms with Gasteiger partial charge >= 0.3 is 0 Å². The summed E-state index contributed by atoms with van der Waals surface area (Å²) in [5.74, 6) is 0.242. The fourth-order valence-electron chi connectivity index (χ4n) is 1.32. The van der Waals surface area contributed by atoms with Gasteiger partial charge in [0, 0.05) is 9.13 Å². The first-order valence-electron chi connectivity index (χ1n) is 4.22. The topological polar surface area (TPSA) is 78.5 Å². The maximum Gasteiger partial charge on any atom is 0.163 e. The molecule has 1 aromatic carbocycles. The molecule has 1 aromatic heterocycles. The monoisotopic (exact) mass is 310 g/mol. The summed E-state index contributed by atoms with van der Waals surface area (Å²) in [5.41, 5.74) is 7.55. The summed E-state index contributed by atoms with van der Waals surface area (Å²) in [7, 11) is 0. The van der Waals surface area contributed by atoms with Crippen LogP contribution in [-0.4, -0.2) is 10.2 Å². The highest BCUT2D eigenvalue weighted by Crippen LogP contribution is 2.25. The lowest BCUT2D eigenvalue weighted by atomic mass is 10.1. The summed E-state index contributed by atoms with van der Waals surface area (Å²) < 4.78 is 1.10. The van der Waals surface area contributed by atoms with Crippen molar-refractivity contribution in [1.82, 2.24) is 10.2 Å². The summed E-state index contributed by atoms with van der Waals surface area (Å²) in [4.78, 5) is 0. The number of nitriles is 1. The molecule has 2 rings (SSSR count). The minimum Gasteiger partial charge on any atom is -0.381 e. The van der Waals surface area contributed by atoms with E-state index in [1.165, 1.54) is 0 Å². The van der Waals surface area contributed by atoms with E-state index >= 15 is 0 Å². The number of aromatic amines is 1. The smallest absolute Gasteiger partial charge is 0.163 e. The minimum absolute atomic E-state index is 0.242. The van der Waals surface area contributed by atoms with Crippen LogP contribution in [0.1, 0.15) is 5.56 Å². The number of nitrogens with one attached hydrogen (secondary N) is 1. The van der Waals surface area contributed by atoms with Crippen molar-refractivity contribution in [2.75, 3.05) is 5.73 Å². The standard InChI is InChI=1S/C10H7IN4/c11-7-3-1-2-6(4-7)9-8(5-12)10(13)15-14-9/h1-4H,(H3,13,14,15). The van der Waals surface area contributed by atoms with Crippen LogP contribution in [0.5, 0.6) is 0 Å². The molecule has 0 aliphatic carbocycles. The van der Waals surface area contributed by atoms with Crippen molar-refractivity contribution in [3.05, 3.63) is 33.4 Å². The molecule has 3 N–H and O–H groups in total. The average molecular weight is 310 g/mol. The maximum absolute atomic E-state index is 8.93. The van der Waals surface area contributed by atoms with E-state index in [0.717, 1.165) is 9.13 Å². The Bertz CT molecular complexity index is 539. The molecular weight excluding hydrogens is 303 g/mol. The molecule has 0 fully saturated rings. The fraction of sp³-hybridized carbons (Fsp3) is 0. The second-order valence-electron chi connectivity index (χ2n) is 2.98. The summed E-state index contributed by atoms with van der Waals surface area (Å²) in [6, 6.07) is 9.83.